The molecule has 0 aliphatic carbocycles. The zero-order valence-electron chi connectivity index (χ0n) is 15.7. The highest BCUT2D eigenvalue weighted by Gasteiger charge is 2.28. The number of benzene rings is 1. The van der Waals surface area contributed by atoms with E-state index < -0.39 is 25.5 Å². The molecule has 2 rings (SSSR count). The Balaban J connectivity index is 2.08. The van der Waals surface area contributed by atoms with Crippen molar-refractivity contribution in [1.29, 1.82) is 5.26 Å². The van der Waals surface area contributed by atoms with Gasteiger partial charge in [0.1, 0.15) is 6.07 Å². The second kappa shape index (κ2) is 10.2. The van der Waals surface area contributed by atoms with Crippen molar-refractivity contribution in [2.24, 2.45) is 16.1 Å². The minimum Gasteiger partial charge on any atom is -0.479 e. The maximum absolute atomic E-state index is 12.1. The molecule has 0 saturated carbocycles. The molecule has 0 fully saturated rings. The molecule has 1 aliphatic rings. The van der Waals surface area contributed by atoms with Crippen LogP contribution in [0.2, 0.25) is 0 Å². The number of hydrazone groups is 2. The van der Waals surface area contributed by atoms with Crippen LogP contribution >= 0.6 is 0 Å². The van der Waals surface area contributed by atoms with Crippen LogP contribution in [0, 0.1) is 23.8 Å². The minimum absolute atomic E-state index is 0.132. The summed E-state index contributed by atoms with van der Waals surface area (Å²) in [5.41, 5.74) is 4.41. The largest absolute Gasteiger partial charge is 0.510 e. The Morgan fingerprint density at radius 2 is 2.13 bits per heavy atom. The molecule has 154 valence electrons. The summed E-state index contributed by atoms with van der Waals surface area (Å²) in [6.45, 7) is 7.22. The monoisotopic (exact) mass is 412 g/mol. The molecule has 1 aromatic rings. The number of nitrogens with one attached hydrogen (secondary N) is 1. The second-order valence-electron chi connectivity index (χ2n) is 5.94. The average Bonchev–Trinajstić information content (AvgIpc) is 2.73. The lowest BCUT2D eigenvalue weighted by atomic mass is 9.94. The Hall–Kier alpha value is -4.45. The van der Waals surface area contributed by atoms with E-state index in [9.17, 15) is 14.4 Å². The normalized spacial score (nSPS) is 16.0. The fourth-order valence-electron chi connectivity index (χ4n) is 2.38. The summed E-state index contributed by atoms with van der Waals surface area (Å²) in [5.74, 6) is -2.23. The van der Waals surface area contributed by atoms with Gasteiger partial charge >= 0.3 is 18.0 Å². The van der Waals surface area contributed by atoms with Gasteiger partial charge in [-0.2, -0.15) is 10.1 Å². The van der Waals surface area contributed by atoms with Gasteiger partial charge in [-0.25, -0.2) is 20.3 Å². The molecule has 1 amide bonds. The number of nitriles is 1. The first kappa shape index (κ1) is 21.8. The predicted molar refractivity (Wildman–Crippen MR) is 102 cm³/mol. The van der Waals surface area contributed by atoms with Gasteiger partial charge in [-0.15, -0.1) is 0 Å². The van der Waals surface area contributed by atoms with Crippen LogP contribution in [-0.4, -0.2) is 53.0 Å². The van der Waals surface area contributed by atoms with E-state index in [-0.39, 0.29) is 24.1 Å². The molecule has 1 heterocycles. The number of amides is 1. The summed E-state index contributed by atoms with van der Waals surface area (Å²) >= 11 is 0. The van der Waals surface area contributed by atoms with Crippen molar-refractivity contribution in [3.05, 3.63) is 41.2 Å². The molecule has 0 unspecified atom stereocenters. The molecule has 1 aromatic carbocycles. The fourth-order valence-corrected chi connectivity index (χ4v) is 2.38. The number of carbonyl (C=O) groups is 3. The first-order valence-electron chi connectivity index (χ1n) is 8.46. The van der Waals surface area contributed by atoms with Gasteiger partial charge in [0, 0.05) is 12.3 Å². The van der Waals surface area contributed by atoms with Gasteiger partial charge in [0.05, 0.1) is 11.4 Å². The Bertz CT molecular complexity index is 956. The lowest BCUT2D eigenvalue weighted by Gasteiger charge is -2.27. The van der Waals surface area contributed by atoms with Crippen LogP contribution in [0.1, 0.15) is 18.9 Å². The van der Waals surface area contributed by atoms with E-state index in [4.69, 9.17) is 21.7 Å². The lowest BCUT2D eigenvalue weighted by Crippen LogP contribution is -2.38. The Morgan fingerprint density at radius 1 is 1.43 bits per heavy atom. The number of carboxylic acids is 1. The van der Waals surface area contributed by atoms with Crippen LogP contribution in [0.3, 0.4) is 0 Å². The van der Waals surface area contributed by atoms with Crippen molar-refractivity contribution in [1.82, 2.24) is 5.01 Å². The Morgan fingerprint density at radius 3 is 2.73 bits per heavy atom. The highest BCUT2D eigenvalue weighted by atomic mass is 16.7. The SMILES string of the molecule is [C-]#[N+]/C(C#N)=N/Nc1ccc(C2=NN(COC(=O)OCC(=O)O)C(=O)C[C@H]2C)cc1. The van der Waals surface area contributed by atoms with Gasteiger partial charge in [0.2, 0.25) is 5.91 Å². The van der Waals surface area contributed by atoms with Crippen LogP contribution in [0.5, 0.6) is 0 Å². The van der Waals surface area contributed by atoms with Crippen molar-refractivity contribution in [3.8, 4) is 6.07 Å². The third-order valence-electron chi connectivity index (χ3n) is 3.76. The number of carbonyl (C=O) groups excluding carboxylic acids is 2. The van der Waals surface area contributed by atoms with Crippen LogP contribution in [-0.2, 0) is 19.1 Å². The molecule has 0 aromatic heterocycles. The van der Waals surface area contributed by atoms with Gasteiger partial charge in [0.25, 0.3) is 0 Å². The number of nitrogens with zero attached hydrogens (tertiary/aromatic N) is 5. The number of rotatable bonds is 7. The summed E-state index contributed by atoms with van der Waals surface area (Å²) < 4.78 is 9.04. The summed E-state index contributed by atoms with van der Waals surface area (Å²) in [4.78, 5) is 36.8. The van der Waals surface area contributed by atoms with E-state index in [1.54, 1.807) is 30.3 Å². The maximum atomic E-state index is 12.1. The van der Waals surface area contributed by atoms with Gasteiger partial charge in [-0.3, -0.25) is 4.79 Å². The lowest BCUT2D eigenvalue weighted by molar-refractivity contribution is -0.143. The molecule has 0 saturated heterocycles. The molecule has 0 spiro atoms. The number of ether oxygens (including phenoxy) is 2. The molecule has 0 radical (unpaired) electrons. The fraction of sp³-hybridized carbons (Fsp3) is 0.278. The number of carboxylic acid groups (broad SMARTS) is 1. The van der Waals surface area contributed by atoms with Gasteiger partial charge in [0.15, 0.2) is 13.3 Å². The third-order valence-corrected chi connectivity index (χ3v) is 3.76. The Labute approximate surface area is 170 Å². The van der Waals surface area contributed by atoms with E-state index in [1.165, 1.54) is 0 Å². The van der Waals surface area contributed by atoms with Crippen LogP contribution in [0.25, 0.3) is 4.85 Å². The predicted octanol–water partition coefficient (Wildman–Crippen LogP) is 1.62. The number of hydrogen-bond donors (Lipinski definition) is 2. The molecule has 2 N–H and O–H groups in total. The molecular formula is C18H16N6O6. The zero-order valence-corrected chi connectivity index (χ0v) is 15.7. The number of anilines is 1. The molecule has 1 aliphatic heterocycles. The molecule has 12 nitrogen and oxygen atoms in total. The second-order valence-corrected chi connectivity index (χ2v) is 5.94. The summed E-state index contributed by atoms with van der Waals surface area (Å²) in [6.07, 6.45) is -1.10. The van der Waals surface area contributed by atoms with E-state index in [0.29, 0.717) is 17.0 Å². The molecular weight excluding hydrogens is 396 g/mol. The van der Waals surface area contributed by atoms with Gasteiger partial charge in [-0.05, 0) is 22.8 Å². The van der Waals surface area contributed by atoms with Gasteiger partial charge in [-0.1, -0.05) is 25.6 Å². The standard InChI is InChI=1S/C18H16N6O6/c1-11-7-15(25)24(10-30-18(28)29-9-16(26)27)23-17(11)12-3-5-13(6-4-12)21-22-14(8-19)20-2/h3-6,11,21H,7,9-10H2,1H3,(H,26,27)/b22-14+/t11-/m1/s1. The van der Waals surface area contributed by atoms with E-state index in [0.717, 1.165) is 5.01 Å². The third kappa shape index (κ3) is 6.03. The molecule has 30 heavy (non-hydrogen) atoms. The maximum Gasteiger partial charge on any atom is 0.510 e. The molecule has 12 heteroatoms. The van der Waals surface area contributed by atoms with Crippen LogP contribution in [0.15, 0.2) is 34.5 Å². The van der Waals surface area contributed by atoms with Crippen molar-refractivity contribution >= 4 is 35.3 Å². The van der Waals surface area contributed by atoms with Crippen molar-refractivity contribution in [2.75, 3.05) is 18.8 Å². The Kier molecular flexibility index (Phi) is 7.42. The van der Waals surface area contributed by atoms with Crippen molar-refractivity contribution in [2.45, 2.75) is 13.3 Å². The van der Waals surface area contributed by atoms with E-state index >= 15 is 0 Å². The first-order valence-corrected chi connectivity index (χ1v) is 8.46. The number of hydrogen-bond acceptors (Lipinski definition) is 9. The number of amidine groups is 1. The minimum atomic E-state index is -1.34. The zero-order chi connectivity index (χ0) is 22.1. The number of aliphatic carboxylic acids is 1. The quantitative estimate of drug-likeness (QED) is 0.225. The highest BCUT2D eigenvalue weighted by molar-refractivity contribution is 6.06. The smallest absolute Gasteiger partial charge is 0.479 e. The van der Waals surface area contributed by atoms with Crippen molar-refractivity contribution < 1.29 is 29.0 Å². The first-order chi connectivity index (χ1) is 14.3. The topological polar surface area (TPSA) is 158 Å². The summed E-state index contributed by atoms with van der Waals surface area (Å²) in [6, 6.07) is 8.39. The summed E-state index contributed by atoms with van der Waals surface area (Å²) in [7, 11) is 0. The van der Waals surface area contributed by atoms with Gasteiger partial charge < -0.3 is 19.4 Å². The van der Waals surface area contributed by atoms with E-state index in [2.05, 4.69) is 25.2 Å². The van der Waals surface area contributed by atoms with E-state index in [1.807, 2.05) is 6.92 Å². The molecule has 0 bridgehead atoms. The molecule has 1 atom stereocenters. The summed E-state index contributed by atoms with van der Waals surface area (Å²) in [5, 5.41) is 26.0. The highest BCUT2D eigenvalue weighted by Crippen LogP contribution is 2.22. The average molecular weight is 412 g/mol. The van der Waals surface area contributed by atoms with Crippen LogP contribution in [0.4, 0.5) is 10.5 Å². The van der Waals surface area contributed by atoms with Crippen LogP contribution < -0.4 is 5.43 Å². The van der Waals surface area contributed by atoms with Crippen molar-refractivity contribution in [3.63, 3.8) is 0 Å².